The smallest absolute Gasteiger partial charge is 0.379 e. The molecule has 1 saturated heterocycles. The molecule has 1 aliphatic rings. The molecule has 4 aromatic rings. The van der Waals surface area contributed by atoms with Crippen LogP contribution in [0.15, 0.2) is 48.9 Å². The summed E-state index contributed by atoms with van der Waals surface area (Å²) in [4.78, 5) is 21.2. The first-order valence-electron chi connectivity index (χ1n) is 10.2. The quantitative estimate of drug-likeness (QED) is 0.287. The highest BCUT2D eigenvalue weighted by molar-refractivity contribution is 6.06. The molecule has 1 amide bonds. The molecule has 1 aliphatic heterocycles. The van der Waals surface area contributed by atoms with Gasteiger partial charge >= 0.3 is 6.18 Å². The van der Waals surface area contributed by atoms with E-state index >= 15 is 0 Å². The molecule has 170 valence electrons. The van der Waals surface area contributed by atoms with Gasteiger partial charge in [-0.25, -0.2) is 5.84 Å². The number of fused-ring (bicyclic) bond motifs is 3. The number of nitrogens with zero attached hydrogens (tertiary/aromatic N) is 5. The van der Waals surface area contributed by atoms with Crippen LogP contribution in [0.5, 0.6) is 0 Å². The third-order valence-corrected chi connectivity index (χ3v) is 5.66. The van der Waals surface area contributed by atoms with E-state index in [1.165, 1.54) is 6.07 Å². The van der Waals surface area contributed by atoms with Crippen molar-refractivity contribution in [2.24, 2.45) is 5.84 Å². The number of benzene rings is 1. The number of carbonyl (C=O) groups excluding carboxylic acids is 1. The van der Waals surface area contributed by atoms with Crippen molar-refractivity contribution >= 4 is 27.7 Å². The van der Waals surface area contributed by atoms with E-state index in [2.05, 4.69) is 15.1 Å². The molecule has 0 bridgehead atoms. The molecule has 1 fully saturated rings. The van der Waals surface area contributed by atoms with Crippen molar-refractivity contribution in [1.82, 2.24) is 24.8 Å². The van der Waals surface area contributed by atoms with Crippen LogP contribution in [0.3, 0.4) is 0 Å². The predicted molar refractivity (Wildman–Crippen MR) is 113 cm³/mol. The van der Waals surface area contributed by atoms with Crippen molar-refractivity contribution in [3.8, 4) is 0 Å². The third kappa shape index (κ3) is 4.00. The molecule has 8 nitrogen and oxygen atoms in total. The van der Waals surface area contributed by atoms with E-state index in [9.17, 15) is 18.0 Å². The number of halogens is 3. The molecule has 4 heterocycles. The average molecular weight is 456 g/mol. The van der Waals surface area contributed by atoms with Gasteiger partial charge in [0.1, 0.15) is 0 Å². The third-order valence-electron chi connectivity index (χ3n) is 5.66. The number of nitrogens with two attached hydrogens (primary N) is 1. The summed E-state index contributed by atoms with van der Waals surface area (Å²) in [5.74, 6) is 5.45. The first kappa shape index (κ1) is 21.3. The largest absolute Gasteiger partial charge is 0.417 e. The van der Waals surface area contributed by atoms with Gasteiger partial charge in [0.25, 0.3) is 5.91 Å². The predicted octanol–water partition coefficient (Wildman–Crippen LogP) is 3.48. The zero-order valence-corrected chi connectivity index (χ0v) is 17.3. The molecule has 0 spiro atoms. The second-order valence-corrected chi connectivity index (χ2v) is 7.87. The number of hydrogen-bond donors (Lipinski definition) is 1. The summed E-state index contributed by atoms with van der Waals surface area (Å²) in [7, 11) is 0. The molecule has 0 radical (unpaired) electrons. The lowest BCUT2D eigenvalue weighted by Crippen LogP contribution is -2.37. The molecule has 2 N–H and O–H groups in total. The van der Waals surface area contributed by atoms with Gasteiger partial charge in [-0.05, 0) is 36.8 Å². The van der Waals surface area contributed by atoms with Crippen LogP contribution in [0.4, 0.5) is 13.2 Å². The maximum absolute atomic E-state index is 13.0. The number of ether oxygens (including phenoxy) is 1. The van der Waals surface area contributed by atoms with Gasteiger partial charge in [-0.1, -0.05) is 0 Å². The van der Waals surface area contributed by atoms with E-state index < -0.39 is 17.6 Å². The number of alkyl halides is 3. The van der Waals surface area contributed by atoms with Crippen LogP contribution in [0.1, 0.15) is 34.1 Å². The highest BCUT2D eigenvalue weighted by atomic mass is 19.4. The zero-order valence-electron chi connectivity index (χ0n) is 17.3. The molecule has 1 aromatic carbocycles. The molecule has 0 aliphatic carbocycles. The molecule has 1 unspecified atom stereocenters. The fraction of sp³-hybridized carbons (Fsp3) is 0.273. The lowest BCUT2D eigenvalue weighted by atomic mass is 10.1. The minimum atomic E-state index is -4.48. The van der Waals surface area contributed by atoms with Crippen molar-refractivity contribution in [1.29, 1.82) is 0 Å². The van der Waals surface area contributed by atoms with Crippen molar-refractivity contribution in [2.45, 2.75) is 25.2 Å². The summed E-state index contributed by atoms with van der Waals surface area (Å²) >= 11 is 0. The van der Waals surface area contributed by atoms with Gasteiger partial charge < -0.3 is 4.74 Å². The van der Waals surface area contributed by atoms with Crippen molar-refractivity contribution in [3.63, 3.8) is 0 Å². The second-order valence-electron chi connectivity index (χ2n) is 7.87. The molecular formula is C22H19F3N6O2. The maximum atomic E-state index is 13.0. The number of amides is 1. The summed E-state index contributed by atoms with van der Waals surface area (Å²) in [5.41, 5.74) is 1.26. The van der Waals surface area contributed by atoms with Gasteiger partial charge in [-0.2, -0.15) is 18.3 Å². The van der Waals surface area contributed by atoms with Crippen LogP contribution in [-0.2, 0) is 17.5 Å². The van der Waals surface area contributed by atoms with Crippen molar-refractivity contribution in [2.75, 3.05) is 13.2 Å². The lowest BCUT2D eigenvalue weighted by molar-refractivity contribution is -0.137. The Morgan fingerprint density at radius 3 is 2.73 bits per heavy atom. The van der Waals surface area contributed by atoms with E-state index in [1.54, 1.807) is 30.6 Å². The average Bonchev–Trinajstić information content (AvgIpc) is 3.47. The zero-order chi connectivity index (χ0) is 23.2. The first-order valence-corrected chi connectivity index (χ1v) is 10.2. The summed E-state index contributed by atoms with van der Waals surface area (Å²) in [6.07, 6.45) is 0.561. The van der Waals surface area contributed by atoms with Gasteiger partial charge in [0.05, 0.1) is 47.7 Å². The summed E-state index contributed by atoms with van der Waals surface area (Å²) in [6, 6.07) is 7.27. The number of hydrazine groups is 1. The highest BCUT2D eigenvalue weighted by Crippen LogP contribution is 2.30. The monoisotopic (exact) mass is 456 g/mol. The number of hydrogen-bond acceptors (Lipinski definition) is 6. The topological polar surface area (TPSA) is 99.2 Å². The van der Waals surface area contributed by atoms with Crippen LogP contribution >= 0.6 is 0 Å². The Hall–Kier alpha value is -3.57. The minimum absolute atomic E-state index is 0.101. The van der Waals surface area contributed by atoms with Crippen LogP contribution in [0.2, 0.25) is 0 Å². The van der Waals surface area contributed by atoms with Crippen LogP contribution in [0.25, 0.3) is 21.8 Å². The molecule has 1 atom stereocenters. The van der Waals surface area contributed by atoms with Crippen LogP contribution in [0, 0.1) is 0 Å². The highest BCUT2D eigenvalue weighted by Gasteiger charge is 2.30. The fourth-order valence-electron chi connectivity index (χ4n) is 3.95. The molecule has 3 aromatic heterocycles. The Bertz CT molecular complexity index is 1330. The Morgan fingerprint density at radius 2 is 2.03 bits per heavy atom. The normalized spacial score (nSPS) is 16.5. The molecular weight excluding hydrogens is 437 g/mol. The maximum Gasteiger partial charge on any atom is 0.417 e. The van der Waals surface area contributed by atoms with E-state index in [0.29, 0.717) is 24.3 Å². The van der Waals surface area contributed by atoms with Gasteiger partial charge in [0.2, 0.25) is 0 Å². The first-order chi connectivity index (χ1) is 15.8. The van der Waals surface area contributed by atoms with Crippen molar-refractivity contribution < 1.29 is 22.7 Å². The van der Waals surface area contributed by atoms with Crippen LogP contribution < -0.4 is 5.84 Å². The van der Waals surface area contributed by atoms with E-state index in [4.69, 9.17) is 10.6 Å². The van der Waals surface area contributed by atoms with Crippen LogP contribution in [-0.4, -0.2) is 43.9 Å². The fourth-order valence-corrected chi connectivity index (χ4v) is 3.95. The summed E-state index contributed by atoms with van der Waals surface area (Å²) in [6.45, 7) is 1.09. The lowest BCUT2D eigenvalue weighted by Gasteiger charge is -2.17. The Balaban J connectivity index is 1.44. The van der Waals surface area contributed by atoms with Crippen molar-refractivity contribution in [3.05, 3.63) is 65.7 Å². The summed E-state index contributed by atoms with van der Waals surface area (Å²) in [5, 5.41) is 7.03. The number of rotatable bonds is 4. The van der Waals surface area contributed by atoms with E-state index in [-0.39, 0.29) is 18.3 Å². The molecule has 11 heteroatoms. The Kier molecular flexibility index (Phi) is 5.22. The SMILES string of the molecule is NN(Cc1ccc(C(F)(F)F)cn1)C(=O)c1ccc2ncc3cnn(C4CCOC4)c3c2c1. The number of carbonyl (C=O) groups is 1. The summed E-state index contributed by atoms with van der Waals surface area (Å²) < 4.78 is 45.6. The number of aromatic nitrogens is 4. The molecule has 33 heavy (non-hydrogen) atoms. The minimum Gasteiger partial charge on any atom is -0.379 e. The Labute approximate surface area is 185 Å². The molecule has 5 rings (SSSR count). The van der Waals surface area contributed by atoms with Gasteiger partial charge in [0, 0.05) is 35.3 Å². The molecule has 0 saturated carbocycles. The number of pyridine rings is 2. The van der Waals surface area contributed by atoms with Gasteiger partial charge in [0.15, 0.2) is 0 Å². The van der Waals surface area contributed by atoms with E-state index in [0.717, 1.165) is 40.0 Å². The standard InChI is InChI=1S/C22H19F3N6O2/c23-22(24,25)15-2-3-16(27-10-15)11-30(26)21(32)13-1-4-19-18(7-13)20-14(8-28-19)9-29-31(20)17-5-6-33-12-17/h1-4,7-10,17H,5-6,11-12,26H2. The Morgan fingerprint density at radius 1 is 1.18 bits per heavy atom. The van der Waals surface area contributed by atoms with E-state index in [1.807, 2.05) is 4.68 Å². The van der Waals surface area contributed by atoms with Gasteiger partial charge in [-0.15, -0.1) is 0 Å². The van der Waals surface area contributed by atoms with Gasteiger partial charge in [-0.3, -0.25) is 24.5 Å². The second kappa shape index (κ2) is 8.09.